The largest absolute Gasteiger partial charge is 0.490 e. The Morgan fingerprint density at radius 1 is 0.963 bits per heavy atom. The molecule has 0 amide bonds. The van der Waals surface area contributed by atoms with Gasteiger partial charge in [-0.3, -0.25) is 0 Å². The third-order valence-corrected chi connectivity index (χ3v) is 5.38. The lowest BCUT2D eigenvalue weighted by atomic mass is 10.1. The van der Waals surface area contributed by atoms with Crippen LogP contribution in [0.1, 0.15) is 50.7 Å². The summed E-state index contributed by atoms with van der Waals surface area (Å²) in [4.78, 5) is 0. The fraction of sp³-hybridized carbons (Fsp3) is 0.455. The average molecular weight is 455 g/mol. The van der Waals surface area contributed by atoms with Crippen molar-refractivity contribution in [2.45, 2.75) is 52.7 Å². The smallest absolute Gasteiger partial charge is 0.162 e. The van der Waals surface area contributed by atoms with E-state index in [1.165, 1.54) is 31.2 Å². The van der Waals surface area contributed by atoms with E-state index in [-0.39, 0.29) is 0 Å². The Morgan fingerprint density at radius 3 is 2.48 bits per heavy atom. The molecule has 0 fully saturated rings. The molecule has 0 saturated heterocycles. The molecule has 0 saturated carbocycles. The molecular formula is C22H29BrClNO2. The summed E-state index contributed by atoms with van der Waals surface area (Å²) in [7, 11) is 0. The predicted octanol–water partition coefficient (Wildman–Crippen LogP) is 6.75. The zero-order valence-electron chi connectivity index (χ0n) is 16.2. The third kappa shape index (κ3) is 7.36. The van der Waals surface area contributed by atoms with E-state index in [2.05, 4.69) is 34.2 Å². The van der Waals surface area contributed by atoms with Crippen LogP contribution in [0.2, 0.25) is 5.02 Å². The Hall–Kier alpha value is -1.23. The molecule has 0 aliphatic rings. The molecule has 0 atom stereocenters. The van der Waals surface area contributed by atoms with Gasteiger partial charge in [0.15, 0.2) is 11.5 Å². The van der Waals surface area contributed by atoms with Crippen LogP contribution in [-0.2, 0) is 13.2 Å². The minimum absolute atomic E-state index is 0.404. The first kappa shape index (κ1) is 22.1. The molecule has 0 aliphatic heterocycles. The van der Waals surface area contributed by atoms with E-state index >= 15 is 0 Å². The maximum absolute atomic E-state index is 6.22. The molecule has 0 spiro atoms. The summed E-state index contributed by atoms with van der Waals surface area (Å²) < 4.78 is 12.8. The highest BCUT2D eigenvalue weighted by atomic mass is 79.9. The van der Waals surface area contributed by atoms with Gasteiger partial charge in [-0.25, -0.2) is 0 Å². The molecule has 2 aromatic rings. The number of nitrogens with one attached hydrogen (secondary N) is 1. The fourth-order valence-electron chi connectivity index (χ4n) is 2.76. The summed E-state index contributed by atoms with van der Waals surface area (Å²) in [6, 6.07) is 11.7. The van der Waals surface area contributed by atoms with Gasteiger partial charge < -0.3 is 14.8 Å². The van der Waals surface area contributed by atoms with Crippen LogP contribution < -0.4 is 14.8 Å². The van der Waals surface area contributed by atoms with Crippen LogP contribution in [-0.4, -0.2) is 13.2 Å². The monoisotopic (exact) mass is 453 g/mol. The lowest BCUT2D eigenvalue weighted by Gasteiger charge is -2.16. The van der Waals surface area contributed by atoms with Crippen LogP contribution in [0.4, 0.5) is 0 Å². The second kappa shape index (κ2) is 12.3. The van der Waals surface area contributed by atoms with Gasteiger partial charge in [0.25, 0.3) is 0 Å². The van der Waals surface area contributed by atoms with Gasteiger partial charge in [-0.05, 0) is 43.7 Å². The first-order valence-corrected chi connectivity index (χ1v) is 10.8. The zero-order valence-corrected chi connectivity index (χ0v) is 18.5. The quantitative estimate of drug-likeness (QED) is 0.360. The second-order valence-corrected chi connectivity index (χ2v) is 7.70. The van der Waals surface area contributed by atoms with Crippen molar-refractivity contribution in [1.29, 1.82) is 0 Å². The number of hydrogen-bond donors (Lipinski definition) is 1. The number of hydrogen-bond acceptors (Lipinski definition) is 3. The van der Waals surface area contributed by atoms with Gasteiger partial charge in [0.2, 0.25) is 0 Å². The maximum Gasteiger partial charge on any atom is 0.162 e. The average Bonchev–Trinajstić information content (AvgIpc) is 2.66. The Kier molecular flexibility index (Phi) is 10.0. The number of ether oxygens (including phenoxy) is 2. The van der Waals surface area contributed by atoms with Gasteiger partial charge in [-0.1, -0.05) is 71.9 Å². The maximum atomic E-state index is 6.22. The molecule has 1 N–H and O–H groups in total. The van der Waals surface area contributed by atoms with Gasteiger partial charge in [0.1, 0.15) is 6.61 Å². The first-order valence-electron chi connectivity index (χ1n) is 9.67. The Balaban J connectivity index is 2.00. The number of unbranched alkanes of at least 4 members (excludes halogenated alkanes) is 3. The van der Waals surface area contributed by atoms with Crippen LogP contribution in [0.25, 0.3) is 0 Å². The van der Waals surface area contributed by atoms with Gasteiger partial charge in [0, 0.05) is 21.6 Å². The Bertz CT molecular complexity index is 709. The van der Waals surface area contributed by atoms with Crippen molar-refractivity contribution in [2.75, 3.05) is 13.2 Å². The van der Waals surface area contributed by atoms with E-state index in [1.54, 1.807) is 0 Å². The molecular weight excluding hydrogens is 426 g/mol. The lowest BCUT2D eigenvalue weighted by Crippen LogP contribution is -2.15. The van der Waals surface area contributed by atoms with Crippen LogP contribution in [0, 0.1) is 0 Å². The molecule has 148 valence electrons. The molecule has 2 aromatic carbocycles. The van der Waals surface area contributed by atoms with Crippen LogP contribution in [0.5, 0.6) is 11.5 Å². The molecule has 0 unspecified atom stereocenters. The standard InChI is InChI=1S/C22H29BrClNO2/c1-3-5-6-9-12-25-15-18-13-21(26-4-2)22(14-19(18)23)27-16-17-10-7-8-11-20(17)24/h7-8,10-11,13-14,25H,3-6,9,12,15-16H2,1-2H3. The molecule has 2 rings (SSSR count). The molecule has 27 heavy (non-hydrogen) atoms. The van der Waals surface area contributed by atoms with Crippen molar-refractivity contribution in [3.8, 4) is 11.5 Å². The van der Waals surface area contributed by atoms with Crippen LogP contribution in [0.3, 0.4) is 0 Å². The van der Waals surface area contributed by atoms with E-state index < -0.39 is 0 Å². The molecule has 0 heterocycles. The highest BCUT2D eigenvalue weighted by molar-refractivity contribution is 9.10. The first-order chi connectivity index (χ1) is 13.2. The SMILES string of the molecule is CCCCCCNCc1cc(OCC)c(OCc2ccccc2Cl)cc1Br. The topological polar surface area (TPSA) is 30.5 Å². The minimum atomic E-state index is 0.404. The van der Waals surface area contributed by atoms with Crippen LogP contribution >= 0.6 is 27.5 Å². The highest BCUT2D eigenvalue weighted by Crippen LogP contribution is 2.34. The Morgan fingerprint density at radius 2 is 1.74 bits per heavy atom. The van der Waals surface area contributed by atoms with Crippen molar-refractivity contribution in [3.63, 3.8) is 0 Å². The van der Waals surface area contributed by atoms with Crippen molar-refractivity contribution in [1.82, 2.24) is 5.32 Å². The van der Waals surface area contributed by atoms with Crippen molar-refractivity contribution in [3.05, 3.63) is 57.0 Å². The summed E-state index contributed by atoms with van der Waals surface area (Å²) in [6.07, 6.45) is 5.06. The van der Waals surface area contributed by atoms with Gasteiger partial charge in [-0.2, -0.15) is 0 Å². The van der Waals surface area contributed by atoms with Crippen molar-refractivity contribution >= 4 is 27.5 Å². The minimum Gasteiger partial charge on any atom is -0.490 e. The van der Waals surface area contributed by atoms with Gasteiger partial charge >= 0.3 is 0 Å². The molecule has 3 nitrogen and oxygen atoms in total. The summed E-state index contributed by atoms with van der Waals surface area (Å²) >= 11 is 9.89. The normalized spacial score (nSPS) is 10.8. The van der Waals surface area contributed by atoms with Crippen molar-refractivity contribution < 1.29 is 9.47 Å². The van der Waals surface area contributed by atoms with E-state index in [0.717, 1.165) is 34.6 Å². The highest BCUT2D eigenvalue weighted by Gasteiger charge is 2.12. The number of benzene rings is 2. The zero-order chi connectivity index (χ0) is 19.5. The lowest BCUT2D eigenvalue weighted by molar-refractivity contribution is 0.269. The number of rotatable bonds is 12. The predicted molar refractivity (Wildman–Crippen MR) is 117 cm³/mol. The van der Waals surface area contributed by atoms with Gasteiger partial charge in [0.05, 0.1) is 6.61 Å². The molecule has 0 radical (unpaired) electrons. The van der Waals surface area contributed by atoms with Crippen molar-refractivity contribution in [2.24, 2.45) is 0 Å². The van der Waals surface area contributed by atoms with Gasteiger partial charge in [-0.15, -0.1) is 0 Å². The molecule has 0 aromatic heterocycles. The fourth-order valence-corrected chi connectivity index (χ4v) is 3.42. The summed E-state index contributed by atoms with van der Waals surface area (Å²) in [5, 5.41) is 4.22. The molecule has 5 heteroatoms. The Labute approximate surface area is 176 Å². The summed E-state index contributed by atoms with van der Waals surface area (Å²) in [5.74, 6) is 1.48. The second-order valence-electron chi connectivity index (χ2n) is 6.44. The third-order valence-electron chi connectivity index (χ3n) is 4.28. The van der Waals surface area contributed by atoms with E-state index in [9.17, 15) is 0 Å². The molecule has 0 aliphatic carbocycles. The van der Waals surface area contributed by atoms with Crippen LogP contribution in [0.15, 0.2) is 40.9 Å². The number of halogens is 2. The van der Waals surface area contributed by atoms with E-state index in [0.29, 0.717) is 18.2 Å². The summed E-state index contributed by atoms with van der Waals surface area (Å²) in [5.41, 5.74) is 2.12. The van der Waals surface area contributed by atoms with E-state index in [1.807, 2.05) is 37.3 Å². The summed E-state index contributed by atoms with van der Waals surface area (Å²) in [6.45, 7) is 7.04. The molecule has 0 bridgehead atoms. The van der Waals surface area contributed by atoms with E-state index in [4.69, 9.17) is 21.1 Å².